The van der Waals surface area contributed by atoms with Gasteiger partial charge < -0.3 is 15.0 Å². The number of nitrogens with zero attached hydrogens (tertiary/aromatic N) is 2. The van der Waals surface area contributed by atoms with Crippen molar-refractivity contribution in [2.45, 2.75) is 37.8 Å². The maximum Gasteiger partial charge on any atom is 0.372 e. The van der Waals surface area contributed by atoms with E-state index in [4.69, 9.17) is 11.6 Å². The van der Waals surface area contributed by atoms with Crippen LogP contribution in [0.4, 0.5) is 0 Å². The number of carboxylic acid groups (broad SMARTS) is 1. The molecule has 0 bridgehead atoms. The molecule has 0 spiro atoms. The fraction of sp³-hybridized carbons (Fsp3) is 0.400. The second kappa shape index (κ2) is 4.71. The highest BCUT2D eigenvalue weighted by Gasteiger charge is 2.31. The van der Waals surface area contributed by atoms with Crippen molar-refractivity contribution in [3.05, 3.63) is 28.5 Å². The molecular formula is C15H14ClN3O3. The molecule has 7 heteroatoms. The highest BCUT2D eigenvalue weighted by Crippen LogP contribution is 2.39. The van der Waals surface area contributed by atoms with Gasteiger partial charge in [-0.3, -0.25) is 4.79 Å². The number of carboxylic acids is 1. The van der Waals surface area contributed by atoms with E-state index in [1.54, 1.807) is 16.7 Å². The molecule has 2 fully saturated rings. The van der Waals surface area contributed by atoms with Crippen LogP contribution in [-0.4, -0.2) is 32.6 Å². The van der Waals surface area contributed by atoms with E-state index in [2.05, 4.69) is 10.3 Å². The summed E-state index contributed by atoms with van der Waals surface area (Å²) >= 11 is 6.24. The van der Waals surface area contributed by atoms with Gasteiger partial charge in [-0.1, -0.05) is 11.6 Å². The quantitative estimate of drug-likeness (QED) is 0.907. The van der Waals surface area contributed by atoms with Gasteiger partial charge in [0.05, 0.1) is 21.6 Å². The molecule has 114 valence electrons. The minimum Gasteiger partial charge on any atom is -0.475 e. The van der Waals surface area contributed by atoms with E-state index in [0.717, 1.165) is 25.7 Å². The van der Waals surface area contributed by atoms with Crippen LogP contribution in [0, 0.1) is 0 Å². The van der Waals surface area contributed by atoms with Crippen LogP contribution >= 0.6 is 11.6 Å². The van der Waals surface area contributed by atoms with Crippen molar-refractivity contribution >= 4 is 34.5 Å². The fourth-order valence-corrected chi connectivity index (χ4v) is 2.88. The molecule has 0 atom stereocenters. The van der Waals surface area contributed by atoms with Gasteiger partial charge in [0.1, 0.15) is 0 Å². The maximum absolute atomic E-state index is 12.2. The van der Waals surface area contributed by atoms with Gasteiger partial charge >= 0.3 is 5.97 Å². The molecule has 1 aromatic carbocycles. The molecule has 0 unspecified atom stereocenters. The van der Waals surface area contributed by atoms with E-state index >= 15 is 0 Å². The molecule has 1 aromatic heterocycles. The largest absolute Gasteiger partial charge is 0.475 e. The van der Waals surface area contributed by atoms with Crippen LogP contribution in [0.1, 0.15) is 52.7 Å². The van der Waals surface area contributed by atoms with E-state index in [1.165, 1.54) is 0 Å². The smallest absolute Gasteiger partial charge is 0.372 e. The molecule has 0 radical (unpaired) electrons. The molecule has 1 heterocycles. The lowest BCUT2D eigenvalue weighted by Crippen LogP contribution is -2.25. The molecule has 2 N–H and O–H groups in total. The van der Waals surface area contributed by atoms with Crippen LogP contribution in [0.3, 0.4) is 0 Å². The summed E-state index contributed by atoms with van der Waals surface area (Å²) < 4.78 is 1.71. The standard InChI is InChI=1S/C15H14ClN3O3/c16-10-6-12-11(5-9(10)14(20)17-7-1-2-7)18-13(15(21)22)19(12)8-3-4-8/h5-8H,1-4H2,(H,17,20)(H,21,22). The van der Waals surface area contributed by atoms with Crippen LogP contribution < -0.4 is 5.32 Å². The molecule has 2 saturated carbocycles. The fourth-order valence-electron chi connectivity index (χ4n) is 2.63. The molecular weight excluding hydrogens is 306 g/mol. The normalized spacial score (nSPS) is 17.7. The van der Waals surface area contributed by atoms with E-state index < -0.39 is 5.97 Å². The Morgan fingerprint density at radius 3 is 2.59 bits per heavy atom. The number of nitrogens with one attached hydrogen (secondary N) is 1. The number of imidazole rings is 1. The Bertz CT molecular complexity index is 806. The first-order valence-electron chi connectivity index (χ1n) is 7.30. The van der Waals surface area contributed by atoms with E-state index in [1.807, 2.05) is 0 Å². The first-order chi connectivity index (χ1) is 10.5. The first kappa shape index (κ1) is 13.6. The maximum atomic E-state index is 12.2. The third kappa shape index (κ3) is 2.23. The number of amides is 1. The Labute approximate surface area is 131 Å². The van der Waals surface area contributed by atoms with Crippen molar-refractivity contribution < 1.29 is 14.7 Å². The second-order valence-electron chi connectivity index (χ2n) is 5.91. The van der Waals surface area contributed by atoms with Gasteiger partial charge in [-0.05, 0) is 37.8 Å². The molecule has 4 rings (SSSR count). The average Bonchev–Trinajstić information content (AvgIpc) is 3.37. The van der Waals surface area contributed by atoms with Crippen LogP contribution in [-0.2, 0) is 0 Å². The SMILES string of the molecule is O=C(NC1CC1)c1cc2nc(C(=O)O)n(C3CC3)c2cc1Cl. The number of fused-ring (bicyclic) bond motifs is 1. The molecule has 0 saturated heterocycles. The summed E-state index contributed by atoms with van der Waals surface area (Å²) in [4.78, 5) is 27.7. The molecule has 0 aliphatic heterocycles. The Balaban J connectivity index is 1.83. The first-order valence-corrected chi connectivity index (χ1v) is 7.68. The van der Waals surface area contributed by atoms with Crippen molar-refractivity contribution in [3.63, 3.8) is 0 Å². The van der Waals surface area contributed by atoms with E-state index in [9.17, 15) is 14.7 Å². The van der Waals surface area contributed by atoms with E-state index in [0.29, 0.717) is 21.6 Å². The lowest BCUT2D eigenvalue weighted by atomic mass is 10.2. The number of aromatic nitrogens is 2. The van der Waals surface area contributed by atoms with Gasteiger partial charge in [-0.2, -0.15) is 0 Å². The minimum absolute atomic E-state index is 0.00770. The highest BCUT2D eigenvalue weighted by molar-refractivity contribution is 6.34. The number of rotatable bonds is 4. The summed E-state index contributed by atoms with van der Waals surface area (Å²) in [6, 6.07) is 3.63. The molecule has 22 heavy (non-hydrogen) atoms. The lowest BCUT2D eigenvalue weighted by Gasteiger charge is -2.07. The third-order valence-corrected chi connectivity index (χ3v) is 4.35. The minimum atomic E-state index is -1.07. The number of hydrogen-bond donors (Lipinski definition) is 2. The van der Waals surface area contributed by atoms with Gasteiger partial charge in [0.25, 0.3) is 5.91 Å². The second-order valence-corrected chi connectivity index (χ2v) is 6.32. The monoisotopic (exact) mass is 319 g/mol. The molecule has 6 nitrogen and oxygen atoms in total. The summed E-state index contributed by atoms with van der Waals surface area (Å²) in [7, 11) is 0. The summed E-state index contributed by atoms with van der Waals surface area (Å²) in [5.41, 5.74) is 1.51. The van der Waals surface area contributed by atoms with Gasteiger partial charge in [0, 0.05) is 12.1 Å². The Morgan fingerprint density at radius 1 is 1.27 bits per heavy atom. The Morgan fingerprint density at radius 2 is 2.00 bits per heavy atom. The predicted molar refractivity (Wildman–Crippen MR) is 80.5 cm³/mol. The molecule has 1 amide bonds. The van der Waals surface area contributed by atoms with Crippen molar-refractivity contribution in [1.82, 2.24) is 14.9 Å². The Hall–Kier alpha value is -2.08. The number of aromatic carboxylic acids is 1. The van der Waals surface area contributed by atoms with Crippen molar-refractivity contribution in [1.29, 1.82) is 0 Å². The van der Waals surface area contributed by atoms with Gasteiger partial charge in [0.2, 0.25) is 5.82 Å². The Kier molecular flexibility index (Phi) is 2.91. The zero-order chi connectivity index (χ0) is 15.4. The van der Waals surface area contributed by atoms with Crippen molar-refractivity contribution in [2.24, 2.45) is 0 Å². The number of halogens is 1. The van der Waals surface area contributed by atoms with Gasteiger partial charge in [0.15, 0.2) is 0 Å². The van der Waals surface area contributed by atoms with Crippen molar-refractivity contribution in [3.8, 4) is 0 Å². The van der Waals surface area contributed by atoms with Gasteiger partial charge in [-0.15, -0.1) is 0 Å². The summed E-state index contributed by atoms with van der Waals surface area (Å²) in [5, 5.41) is 12.5. The average molecular weight is 320 g/mol. The molecule has 2 aliphatic carbocycles. The van der Waals surface area contributed by atoms with Crippen LogP contribution in [0.25, 0.3) is 11.0 Å². The van der Waals surface area contributed by atoms with Crippen LogP contribution in [0.5, 0.6) is 0 Å². The molecule has 2 aromatic rings. The lowest BCUT2D eigenvalue weighted by molar-refractivity contribution is 0.0678. The van der Waals surface area contributed by atoms with Crippen LogP contribution in [0.2, 0.25) is 5.02 Å². The number of carbonyl (C=O) groups excluding carboxylic acids is 1. The number of carbonyl (C=O) groups is 2. The summed E-state index contributed by atoms with van der Waals surface area (Å²) in [5.74, 6) is -1.29. The highest BCUT2D eigenvalue weighted by atomic mass is 35.5. The van der Waals surface area contributed by atoms with Gasteiger partial charge in [-0.25, -0.2) is 9.78 Å². The predicted octanol–water partition coefficient (Wildman–Crippen LogP) is 2.62. The number of benzene rings is 1. The zero-order valence-electron chi connectivity index (χ0n) is 11.7. The van der Waals surface area contributed by atoms with E-state index in [-0.39, 0.29) is 23.8 Å². The topological polar surface area (TPSA) is 84.2 Å². The zero-order valence-corrected chi connectivity index (χ0v) is 12.4. The molecule has 2 aliphatic rings. The summed E-state index contributed by atoms with van der Waals surface area (Å²) in [6.07, 6.45) is 3.86. The number of hydrogen-bond acceptors (Lipinski definition) is 3. The van der Waals surface area contributed by atoms with Crippen molar-refractivity contribution in [2.75, 3.05) is 0 Å². The summed E-state index contributed by atoms with van der Waals surface area (Å²) in [6.45, 7) is 0. The van der Waals surface area contributed by atoms with Crippen LogP contribution in [0.15, 0.2) is 12.1 Å². The third-order valence-electron chi connectivity index (χ3n) is 4.04.